The maximum absolute atomic E-state index is 10.9. The minimum Gasteiger partial charge on any atom is -0.502 e. The van der Waals surface area contributed by atoms with Crippen LogP contribution in [0.3, 0.4) is 0 Å². The molecule has 2 aromatic carbocycles. The van der Waals surface area contributed by atoms with E-state index in [4.69, 9.17) is 11.6 Å². The molecule has 9 nitrogen and oxygen atoms in total. The summed E-state index contributed by atoms with van der Waals surface area (Å²) in [6.07, 6.45) is 0. The Morgan fingerprint density at radius 3 is 2.52 bits per heavy atom. The molecule has 1 aromatic heterocycles. The molecule has 0 amide bonds. The molecule has 116 valence electrons. The zero-order valence-corrected chi connectivity index (χ0v) is 11.7. The van der Waals surface area contributed by atoms with Gasteiger partial charge in [-0.15, -0.1) is 0 Å². The van der Waals surface area contributed by atoms with Crippen LogP contribution in [-0.4, -0.2) is 20.0 Å². The summed E-state index contributed by atoms with van der Waals surface area (Å²) in [5, 5.41) is 21.1. The summed E-state index contributed by atoms with van der Waals surface area (Å²) in [6.45, 7) is 0. The van der Waals surface area contributed by atoms with E-state index in [2.05, 4.69) is 15.4 Å². The first-order valence-corrected chi connectivity index (χ1v) is 6.51. The van der Waals surface area contributed by atoms with Crippen molar-refractivity contribution in [1.29, 1.82) is 0 Å². The van der Waals surface area contributed by atoms with Gasteiger partial charge in [0.05, 0.1) is 10.4 Å². The third-order valence-corrected chi connectivity index (χ3v) is 3.36. The van der Waals surface area contributed by atoms with Gasteiger partial charge in [-0.25, -0.2) is 10.8 Å². The summed E-state index contributed by atoms with van der Waals surface area (Å²) in [6, 6.07) is 9.34. The van der Waals surface area contributed by atoms with Gasteiger partial charge in [0.15, 0.2) is 11.6 Å². The topological polar surface area (TPSA) is 153 Å². The van der Waals surface area contributed by atoms with E-state index in [9.17, 15) is 15.2 Å². The lowest BCUT2D eigenvalue weighted by atomic mass is 10.0. The molecule has 23 heavy (non-hydrogen) atoms. The fourth-order valence-corrected chi connectivity index (χ4v) is 2.29. The number of phenolic OH excluding ortho intramolecular Hbond substituents is 1. The van der Waals surface area contributed by atoms with Crippen LogP contribution >= 0.6 is 0 Å². The number of hydrogen-bond acceptors (Lipinski definition) is 8. The Hall–Kier alpha value is -3.46. The molecule has 1 heterocycles. The molecule has 0 spiro atoms. The number of hydrazine groups is 1. The van der Waals surface area contributed by atoms with Gasteiger partial charge in [0, 0.05) is 11.5 Å². The number of nitrogens with two attached hydrogens (primary N) is 2. The van der Waals surface area contributed by atoms with Crippen molar-refractivity contribution in [1.82, 2.24) is 9.97 Å². The molecule has 3 aromatic rings. The van der Waals surface area contributed by atoms with Crippen LogP contribution in [0.25, 0.3) is 22.0 Å². The van der Waals surface area contributed by atoms with Gasteiger partial charge in [-0.05, 0) is 29.3 Å². The summed E-state index contributed by atoms with van der Waals surface area (Å²) >= 11 is 0. The molecule has 0 aliphatic heterocycles. The van der Waals surface area contributed by atoms with Gasteiger partial charge < -0.3 is 16.3 Å². The molecule has 0 fully saturated rings. The fourth-order valence-electron chi connectivity index (χ4n) is 2.29. The number of anilines is 2. The monoisotopic (exact) mass is 312 g/mol. The molecule has 0 saturated heterocycles. The molecule has 0 saturated carbocycles. The summed E-state index contributed by atoms with van der Waals surface area (Å²) in [5.74, 6) is 5.48. The highest BCUT2D eigenvalue weighted by atomic mass is 16.6. The zero-order valence-electron chi connectivity index (χ0n) is 11.7. The normalized spacial score (nSPS) is 10.7. The van der Waals surface area contributed by atoms with Crippen molar-refractivity contribution in [3.63, 3.8) is 0 Å². The van der Waals surface area contributed by atoms with Crippen molar-refractivity contribution >= 4 is 28.4 Å². The Bertz CT molecular complexity index is 928. The van der Waals surface area contributed by atoms with Crippen molar-refractivity contribution in [2.24, 2.45) is 5.84 Å². The number of aromatic hydroxyl groups is 1. The maximum atomic E-state index is 10.9. The lowest BCUT2D eigenvalue weighted by Gasteiger charge is -2.08. The number of aromatic nitrogens is 2. The lowest BCUT2D eigenvalue weighted by Crippen LogP contribution is -2.11. The molecule has 9 heteroatoms. The molecule has 0 aliphatic carbocycles. The summed E-state index contributed by atoms with van der Waals surface area (Å²) in [4.78, 5) is 18.4. The second-order valence-corrected chi connectivity index (χ2v) is 4.77. The van der Waals surface area contributed by atoms with Crippen LogP contribution in [0, 0.1) is 10.1 Å². The van der Waals surface area contributed by atoms with E-state index in [1.807, 2.05) is 0 Å². The van der Waals surface area contributed by atoms with E-state index in [-0.39, 0.29) is 17.4 Å². The number of nitro groups is 1. The van der Waals surface area contributed by atoms with Gasteiger partial charge in [0.25, 0.3) is 0 Å². The van der Waals surface area contributed by atoms with Gasteiger partial charge in [-0.3, -0.25) is 10.1 Å². The Morgan fingerprint density at radius 2 is 1.83 bits per heavy atom. The Balaban J connectivity index is 2.19. The largest absolute Gasteiger partial charge is 0.502 e. The van der Waals surface area contributed by atoms with Crippen molar-refractivity contribution in [3.05, 3.63) is 46.5 Å². The number of rotatable bonds is 3. The van der Waals surface area contributed by atoms with Crippen molar-refractivity contribution in [2.45, 2.75) is 0 Å². The number of nitro benzene ring substituents is 1. The molecule has 3 rings (SSSR count). The first-order chi connectivity index (χ1) is 11.0. The highest BCUT2D eigenvalue weighted by molar-refractivity contribution is 5.93. The number of phenols is 1. The summed E-state index contributed by atoms with van der Waals surface area (Å²) in [5.41, 5.74) is 9.52. The second-order valence-electron chi connectivity index (χ2n) is 4.77. The van der Waals surface area contributed by atoms with Crippen LogP contribution in [0.4, 0.5) is 17.5 Å². The predicted octanol–water partition coefficient (Wildman–Crippen LogP) is 1.78. The summed E-state index contributed by atoms with van der Waals surface area (Å²) < 4.78 is 0. The Labute approximate surface area is 129 Å². The molecule has 0 radical (unpaired) electrons. The van der Waals surface area contributed by atoms with E-state index < -0.39 is 4.92 Å². The van der Waals surface area contributed by atoms with Gasteiger partial charge in [-0.1, -0.05) is 12.1 Å². The van der Waals surface area contributed by atoms with E-state index in [1.165, 1.54) is 12.1 Å². The van der Waals surface area contributed by atoms with E-state index in [1.54, 1.807) is 24.3 Å². The Kier molecular flexibility index (Phi) is 3.39. The van der Waals surface area contributed by atoms with Gasteiger partial charge in [-0.2, -0.15) is 4.98 Å². The first-order valence-electron chi connectivity index (χ1n) is 6.51. The zero-order chi connectivity index (χ0) is 16.6. The number of benzene rings is 2. The van der Waals surface area contributed by atoms with Gasteiger partial charge in [0.2, 0.25) is 5.95 Å². The van der Waals surface area contributed by atoms with Crippen LogP contribution in [0.15, 0.2) is 36.4 Å². The highest BCUT2D eigenvalue weighted by Gasteiger charge is 2.15. The van der Waals surface area contributed by atoms with E-state index in [0.29, 0.717) is 27.8 Å². The number of hydrogen-bond donors (Lipinski definition) is 4. The maximum Gasteiger partial charge on any atom is 0.311 e. The lowest BCUT2D eigenvalue weighted by molar-refractivity contribution is -0.385. The number of nitrogen functional groups attached to an aromatic ring is 2. The average molecular weight is 312 g/mol. The summed E-state index contributed by atoms with van der Waals surface area (Å²) in [7, 11) is 0. The second kappa shape index (κ2) is 5.39. The molecule has 0 aliphatic rings. The molecular weight excluding hydrogens is 300 g/mol. The first kappa shape index (κ1) is 14.5. The average Bonchev–Trinajstić information content (AvgIpc) is 2.53. The third kappa shape index (κ3) is 2.56. The number of nitrogens with one attached hydrogen (secondary N) is 1. The van der Waals surface area contributed by atoms with Crippen LogP contribution in [-0.2, 0) is 0 Å². The van der Waals surface area contributed by atoms with Crippen LogP contribution < -0.4 is 17.0 Å². The number of nitrogens with zero attached hydrogens (tertiary/aromatic N) is 3. The molecule has 0 unspecified atom stereocenters. The minimum absolute atomic E-state index is 0.0819. The quantitative estimate of drug-likeness (QED) is 0.324. The van der Waals surface area contributed by atoms with E-state index >= 15 is 0 Å². The van der Waals surface area contributed by atoms with Crippen LogP contribution in [0.5, 0.6) is 5.75 Å². The standard InChI is InChI=1S/C14H12N6O3/c15-14-17-10-3-1-7(5-9(10)13(18-14)19-16)8-2-4-12(21)11(6-8)20(22)23/h1-6,21H,16H2,(H3,15,17,18,19). The molecule has 0 atom stereocenters. The predicted molar refractivity (Wildman–Crippen MR) is 85.5 cm³/mol. The van der Waals surface area contributed by atoms with E-state index in [0.717, 1.165) is 0 Å². The molecular formula is C14H12N6O3. The van der Waals surface area contributed by atoms with Crippen molar-refractivity contribution < 1.29 is 10.0 Å². The van der Waals surface area contributed by atoms with Crippen molar-refractivity contribution in [2.75, 3.05) is 11.2 Å². The molecule has 0 bridgehead atoms. The third-order valence-electron chi connectivity index (χ3n) is 3.36. The fraction of sp³-hybridized carbons (Fsp3) is 0. The minimum atomic E-state index is -0.642. The van der Waals surface area contributed by atoms with Crippen molar-refractivity contribution in [3.8, 4) is 16.9 Å². The number of fused-ring (bicyclic) bond motifs is 1. The smallest absolute Gasteiger partial charge is 0.311 e. The van der Waals surface area contributed by atoms with Gasteiger partial charge in [0.1, 0.15) is 0 Å². The van der Waals surface area contributed by atoms with Gasteiger partial charge >= 0.3 is 5.69 Å². The van der Waals surface area contributed by atoms with Crippen LogP contribution in [0.2, 0.25) is 0 Å². The highest BCUT2D eigenvalue weighted by Crippen LogP contribution is 2.33. The molecule has 6 N–H and O–H groups in total. The van der Waals surface area contributed by atoms with Crippen LogP contribution in [0.1, 0.15) is 0 Å². The Morgan fingerprint density at radius 1 is 1.13 bits per heavy atom. The SMILES string of the molecule is NNc1nc(N)nc2ccc(-c3ccc(O)c([N+](=O)[O-])c3)cc12.